The van der Waals surface area contributed by atoms with Gasteiger partial charge in [0.05, 0.1) is 44.9 Å². The lowest BCUT2D eigenvalue weighted by atomic mass is 9.76. The number of carbonyl (C=O) groups is 1. The first-order valence-electron chi connectivity index (χ1n) is 19.4. The third-order valence-corrected chi connectivity index (χ3v) is 16.2. The predicted molar refractivity (Wildman–Crippen MR) is 220 cm³/mol. The Bertz CT molecular complexity index is 2520. The Labute approximate surface area is 381 Å². The van der Waals surface area contributed by atoms with E-state index in [-0.39, 0.29) is 104 Å². The number of ketones is 1. The minimum atomic E-state index is -3.53. The van der Waals surface area contributed by atoms with Gasteiger partial charge in [-0.05, 0) is 36.1 Å². The Morgan fingerprint density at radius 1 is 0.609 bits per heavy atom. The number of carbonyl (C=O) groups excluding carboxylic acids is 1. The van der Waals surface area contributed by atoms with Crippen LogP contribution in [0.25, 0.3) is 0 Å². The zero-order valence-corrected chi connectivity index (χ0v) is 37.5. The Morgan fingerprint density at radius 3 is 1.28 bits per heavy atom. The molecule has 0 aliphatic carbocycles. The van der Waals surface area contributed by atoms with E-state index in [0.717, 1.165) is 24.5 Å². The van der Waals surface area contributed by atoms with Crippen LogP contribution in [0.5, 0.6) is 34.5 Å². The fourth-order valence-corrected chi connectivity index (χ4v) is 12.5. The van der Waals surface area contributed by atoms with Crippen molar-refractivity contribution >= 4 is 71.9 Å². The highest BCUT2D eigenvalue weighted by Crippen LogP contribution is 2.58. The molecule has 2 saturated heterocycles. The topological polar surface area (TPSA) is 181 Å². The summed E-state index contributed by atoms with van der Waals surface area (Å²) in [6.45, 7) is -7.49. The Hall–Kier alpha value is -4.15. The van der Waals surface area contributed by atoms with Gasteiger partial charge in [0.15, 0.2) is 42.7 Å². The molecule has 6 heterocycles. The number of hydrogen-bond acceptors (Lipinski definition) is 13. The minimum absolute atomic E-state index is 0.0283. The molecule has 2 spiro atoms. The van der Waals surface area contributed by atoms with Gasteiger partial charge in [0.2, 0.25) is 37.0 Å². The van der Waals surface area contributed by atoms with Crippen molar-refractivity contribution in [2.45, 2.75) is 75.2 Å². The lowest BCUT2D eigenvalue weighted by Gasteiger charge is -2.32. The number of nitrogens with zero attached hydrogens (tertiary/aromatic N) is 2. The van der Waals surface area contributed by atoms with Crippen LogP contribution in [0.15, 0.2) is 67.9 Å². The smallest absolute Gasteiger partial charge is 0.387 e. The first-order valence-corrected chi connectivity index (χ1v) is 24.5. The molecule has 6 aliphatic rings. The number of ether oxygens (including phenoxy) is 6. The molecule has 344 valence electrons. The van der Waals surface area contributed by atoms with Crippen LogP contribution in [0.2, 0.25) is 0 Å². The predicted octanol–water partition coefficient (Wildman–Crippen LogP) is 8.19. The fourth-order valence-electron chi connectivity index (χ4n) is 8.36. The average Bonchev–Trinajstić information content (AvgIpc) is 3.78. The summed E-state index contributed by atoms with van der Waals surface area (Å²) in [6.07, 6.45) is 0.269. The number of alkyl halides is 4. The van der Waals surface area contributed by atoms with Crippen molar-refractivity contribution in [1.82, 2.24) is 0 Å². The highest BCUT2D eigenvalue weighted by Gasteiger charge is 2.52. The standard InChI is InChI=1S/C39H34Cl4F4N2O13S2/c40-25-15-48(51)16-26(41)23(25)13-21(19-1-3-29(57-36(44)45)34-32(19)59-38(61-34)5-9-63(53,54)10-6-38)31(50)22(14-24-27(42)17-49(52)18-28(24)43)20-2-4-30(58-37(46)47)35-33(20)60-39(62-35)7-11-64(55,56)12-8-39/h1-4,15,17,21-22,36-37H,5-14,16,18H2/q+2. The zero-order valence-electron chi connectivity index (χ0n) is 32.8. The number of rotatable bonds is 12. The summed E-state index contributed by atoms with van der Waals surface area (Å²) in [6, 6.07) is 4.70. The zero-order chi connectivity index (χ0) is 46.1. The van der Waals surface area contributed by atoms with E-state index >= 15 is 4.79 Å². The molecule has 0 saturated carbocycles. The van der Waals surface area contributed by atoms with Crippen LogP contribution < -0.4 is 28.4 Å². The summed E-state index contributed by atoms with van der Waals surface area (Å²) >= 11 is 26.5. The fraction of sp³-hybridized carbons (Fsp3) is 0.462. The van der Waals surface area contributed by atoms with Gasteiger partial charge in [-0.2, -0.15) is 17.6 Å². The van der Waals surface area contributed by atoms with Crippen molar-refractivity contribution in [3.63, 3.8) is 0 Å². The first-order chi connectivity index (χ1) is 30.1. The van der Waals surface area contributed by atoms with Crippen LogP contribution in [0.4, 0.5) is 17.6 Å². The monoisotopic (exact) mass is 1020 g/mol. The van der Waals surface area contributed by atoms with Crippen molar-refractivity contribution in [2.75, 3.05) is 36.1 Å². The molecule has 0 amide bonds. The maximum absolute atomic E-state index is 15.9. The molecule has 0 bridgehead atoms. The molecule has 0 N–H and O–H groups in total. The van der Waals surface area contributed by atoms with Crippen LogP contribution in [0.1, 0.15) is 61.5 Å². The van der Waals surface area contributed by atoms with Gasteiger partial charge >= 0.3 is 13.2 Å². The van der Waals surface area contributed by atoms with Gasteiger partial charge in [-0.25, -0.2) is 16.8 Å². The summed E-state index contributed by atoms with van der Waals surface area (Å²) < 4.78 is 141. The second-order valence-corrected chi connectivity index (χ2v) is 22.0. The number of nitroso groups, excluding NO2 is 2. The van der Waals surface area contributed by atoms with E-state index in [0.29, 0.717) is 9.52 Å². The van der Waals surface area contributed by atoms with Gasteiger partial charge in [0, 0.05) is 56.1 Å². The van der Waals surface area contributed by atoms with Crippen molar-refractivity contribution < 1.29 is 77.1 Å². The molecule has 64 heavy (non-hydrogen) atoms. The second-order valence-electron chi connectivity index (χ2n) is 15.7. The van der Waals surface area contributed by atoms with Crippen LogP contribution in [-0.2, 0) is 24.5 Å². The van der Waals surface area contributed by atoms with Crippen LogP contribution in [0.3, 0.4) is 0 Å². The Balaban J connectivity index is 1.32. The summed E-state index contributed by atoms with van der Waals surface area (Å²) in [5, 5.41) is -0.476. The minimum Gasteiger partial charge on any atom is -0.448 e. The van der Waals surface area contributed by atoms with E-state index in [1.54, 1.807) is 0 Å². The highest BCUT2D eigenvalue weighted by molar-refractivity contribution is 7.91. The quantitative estimate of drug-likeness (QED) is 0.147. The number of sulfone groups is 2. The highest BCUT2D eigenvalue weighted by atomic mass is 35.5. The normalized spacial score (nSPS) is 22.5. The SMILES string of the molecule is O=C(C(CC1=C(Cl)C[N+](=O)C=C1Cl)c1ccc(OC(F)F)c2c1OC1(CCS(=O)(=O)CC1)O2)C(CC1=C(Cl)C[N+](=O)C=C1Cl)c1ccc(OC(F)F)c2c1OC1(CCS(=O)(=O)CC1)O2. The van der Waals surface area contributed by atoms with Crippen molar-refractivity contribution in [3.8, 4) is 34.5 Å². The number of benzene rings is 2. The van der Waals surface area contributed by atoms with E-state index in [9.17, 15) is 44.2 Å². The Kier molecular flexibility index (Phi) is 12.5. The van der Waals surface area contributed by atoms with Gasteiger partial charge in [0.25, 0.3) is 11.6 Å². The molecule has 2 atom stereocenters. The molecule has 15 nitrogen and oxygen atoms in total. The molecule has 6 aliphatic heterocycles. The molecular formula is C39H34Cl4F4N2O13S2+2. The van der Waals surface area contributed by atoms with Gasteiger partial charge in [-0.1, -0.05) is 58.5 Å². The van der Waals surface area contributed by atoms with Gasteiger partial charge < -0.3 is 28.4 Å². The van der Waals surface area contributed by atoms with Crippen molar-refractivity contribution in [3.05, 3.63) is 88.9 Å². The Morgan fingerprint density at radius 2 is 0.953 bits per heavy atom. The molecule has 8 rings (SSSR count). The molecular weight excluding hydrogens is 986 g/mol. The largest absolute Gasteiger partial charge is 0.448 e. The molecule has 0 aromatic heterocycles. The molecule has 2 aromatic rings. The van der Waals surface area contributed by atoms with Gasteiger partial charge in [-0.3, -0.25) is 4.79 Å². The summed E-state index contributed by atoms with van der Waals surface area (Å²) in [4.78, 5) is 40.8. The molecule has 2 unspecified atom stereocenters. The maximum Gasteiger partial charge on any atom is 0.387 e. The molecule has 2 aromatic carbocycles. The average molecular weight is 1020 g/mol. The second kappa shape index (κ2) is 17.3. The number of fused-ring (bicyclic) bond motifs is 2. The van der Waals surface area contributed by atoms with Crippen LogP contribution in [0, 0.1) is 9.81 Å². The summed E-state index contributed by atoms with van der Waals surface area (Å²) in [5.41, 5.74) is 0.155. The number of allylic oxidation sites excluding steroid dienone is 4. The maximum atomic E-state index is 15.9. The lowest BCUT2D eigenvalue weighted by molar-refractivity contribution is -0.470. The van der Waals surface area contributed by atoms with E-state index < -0.39 is 109 Å². The van der Waals surface area contributed by atoms with Gasteiger partial charge in [0.1, 0.15) is 15.8 Å². The summed E-state index contributed by atoms with van der Waals surface area (Å²) in [5.74, 6) is -11.1. The van der Waals surface area contributed by atoms with E-state index in [1.807, 2.05) is 0 Å². The number of halogens is 8. The van der Waals surface area contributed by atoms with Crippen molar-refractivity contribution in [2.24, 2.45) is 0 Å². The number of Topliss-reactive ketones (excluding diaryl/α,β-unsaturated/α-hetero) is 1. The van der Waals surface area contributed by atoms with Gasteiger partial charge in [-0.15, -0.1) is 0 Å². The third kappa shape index (κ3) is 9.29. The van der Waals surface area contributed by atoms with E-state index in [1.165, 1.54) is 12.1 Å². The summed E-state index contributed by atoms with van der Waals surface area (Å²) in [7, 11) is -7.06. The van der Waals surface area contributed by atoms with E-state index in [2.05, 4.69) is 0 Å². The lowest BCUT2D eigenvalue weighted by Crippen LogP contribution is -2.46. The molecule has 0 radical (unpaired) electrons. The van der Waals surface area contributed by atoms with Crippen LogP contribution >= 0.6 is 46.4 Å². The molecule has 25 heteroatoms. The van der Waals surface area contributed by atoms with Crippen molar-refractivity contribution in [1.29, 1.82) is 0 Å². The third-order valence-electron chi connectivity index (χ3n) is 11.6. The van der Waals surface area contributed by atoms with Crippen LogP contribution in [-0.4, -0.2) is 93.0 Å². The first kappa shape index (κ1) is 46.4. The molecule has 2 fully saturated rings. The van der Waals surface area contributed by atoms with E-state index in [4.69, 9.17) is 74.8 Å². The number of hydrogen-bond donors (Lipinski definition) is 0.